The van der Waals surface area contributed by atoms with Crippen LogP contribution in [-0.4, -0.2) is 34.0 Å². The first-order chi connectivity index (χ1) is 15.6. The van der Waals surface area contributed by atoms with E-state index in [0.29, 0.717) is 22.4 Å². The Kier molecular flexibility index (Phi) is 9.40. The van der Waals surface area contributed by atoms with Crippen LogP contribution in [0.3, 0.4) is 0 Å². The number of nitrogens with one attached hydrogen (secondary N) is 1. The lowest BCUT2D eigenvalue weighted by molar-refractivity contribution is 0.306. The molecule has 1 aliphatic rings. The summed E-state index contributed by atoms with van der Waals surface area (Å²) in [6.07, 6.45) is 5.29. The van der Waals surface area contributed by atoms with E-state index in [1.807, 2.05) is 39.0 Å². The molecule has 2 unspecified atom stereocenters. The fraction of sp³-hybridized carbons (Fsp3) is 0.458. The summed E-state index contributed by atoms with van der Waals surface area (Å²) in [7, 11) is 0. The van der Waals surface area contributed by atoms with Crippen LogP contribution in [0.15, 0.2) is 47.6 Å². The Bertz CT molecular complexity index is 965. The van der Waals surface area contributed by atoms with Gasteiger partial charge in [-0.3, -0.25) is 0 Å². The van der Waals surface area contributed by atoms with Gasteiger partial charge in [-0.25, -0.2) is 4.98 Å². The molecule has 1 fully saturated rings. The minimum absolute atomic E-state index is 0.211. The largest absolute Gasteiger partial charge is 0.598 e. The maximum absolute atomic E-state index is 13.1. The van der Waals surface area contributed by atoms with Gasteiger partial charge in [0.25, 0.3) is 0 Å². The normalized spacial score (nSPS) is 17.0. The predicted octanol–water partition coefficient (Wildman–Crippen LogP) is 6.73. The fourth-order valence-corrected chi connectivity index (χ4v) is 5.35. The van der Waals surface area contributed by atoms with Gasteiger partial charge < -0.3 is 14.2 Å². The number of nitrogens with zero attached hydrogens (tertiary/aromatic N) is 2. The van der Waals surface area contributed by atoms with Gasteiger partial charge in [-0.2, -0.15) is 0 Å². The smallest absolute Gasteiger partial charge is 0.136 e. The Hall–Kier alpha value is -0.960. The van der Waals surface area contributed by atoms with Crippen LogP contribution in [0.25, 0.3) is 0 Å². The average Bonchev–Trinajstić information content (AvgIpc) is 2.77. The topological polar surface area (TPSA) is 60.4 Å². The van der Waals surface area contributed by atoms with E-state index < -0.39 is 16.1 Å². The van der Waals surface area contributed by atoms with E-state index in [2.05, 4.69) is 37.1 Å². The molecule has 1 aromatic heterocycles. The van der Waals surface area contributed by atoms with Crippen molar-refractivity contribution in [2.45, 2.75) is 44.4 Å². The highest BCUT2D eigenvalue weighted by Gasteiger charge is 2.37. The Labute approximate surface area is 218 Å². The van der Waals surface area contributed by atoms with Gasteiger partial charge in [0.2, 0.25) is 0 Å². The summed E-state index contributed by atoms with van der Waals surface area (Å²) >= 11 is 15.0. The van der Waals surface area contributed by atoms with Crippen molar-refractivity contribution in [2.24, 2.45) is 5.92 Å². The van der Waals surface area contributed by atoms with Crippen LogP contribution in [0, 0.1) is 5.92 Å². The van der Waals surface area contributed by atoms with E-state index in [0.717, 1.165) is 41.8 Å². The van der Waals surface area contributed by atoms with Crippen LogP contribution in [0.1, 0.15) is 45.2 Å². The number of ether oxygens (including phenoxy) is 1. The molecule has 9 heteroatoms. The van der Waals surface area contributed by atoms with Crippen molar-refractivity contribution in [1.82, 2.24) is 9.71 Å². The van der Waals surface area contributed by atoms with E-state index in [-0.39, 0.29) is 12.0 Å². The summed E-state index contributed by atoms with van der Waals surface area (Å²) in [6, 6.07) is 7.31. The monoisotopic (exact) mass is 573 g/mol. The van der Waals surface area contributed by atoms with E-state index >= 15 is 0 Å². The summed E-state index contributed by atoms with van der Waals surface area (Å²) in [5.41, 5.74) is 0.864. The van der Waals surface area contributed by atoms with Crippen LogP contribution in [0.2, 0.25) is 10.0 Å². The Balaban J connectivity index is 1.90. The molecule has 0 amide bonds. The number of pyridine rings is 1. The standard InChI is InChI=1S/C24H30BrCl2N3O2S/c1-5-12-32-21-15-20(27)19(26)14-18(21)23(29-33(31)24(2,3)4)16-7-10-30(11-8-16)22-13-17(25)6-9-28-22/h5-6,9,13-16,23,29H,1,7-8,10-12H2,2-4H3. The van der Waals surface area contributed by atoms with E-state index in [9.17, 15) is 4.55 Å². The van der Waals surface area contributed by atoms with E-state index in [1.165, 1.54) is 0 Å². The van der Waals surface area contributed by atoms with Crippen molar-refractivity contribution in [3.05, 3.63) is 63.2 Å². The summed E-state index contributed by atoms with van der Waals surface area (Å²) in [6.45, 7) is 11.6. The zero-order valence-electron chi connectivity index (χ0n) is 19.1. The molecular weight excluding hydrogens is 545 g/mol. The number of rotatable bonds is 8. The third kappa shape index (κ3) is 7.03. The molecule has 1 aromatic carbocycles. The van der Waals surface area contributed by atoms with Crippen molar-refractivity contribution in [3.8, 4) is 5.75 Å². The van der Waals surface area contributed by atoms with Crippen molar-refractivity contribution in [1.29, 1.82) is 0 Å². The first-order valence-corrected chi connectivity index (χ1v) is 13.6. The van der Waals surface area contributed by atoms with Gasteiger partial charge in [-0.05, 0) is 57.7 Å². The minimum Gasteiger partial charge on any atom is -0.598 e. The van der Waals surface area contributed by atoms with Crippen LogP contribution in [-0.2, 0) is 11.4 Å². The lowest BCUT2D eigenvalue weighted by Gasteiger charge is -2.38. The molecule has 1 N–H and O–H groups in total. The fourth-order valence-electron chi connectivity index (χ4n) is 3.79. The molecule has 0 bridgehead atoms. The van der Waals surface area contributed by atoms with Crippen LogP contribution in [0.5, 0.6) is 5.75 Å². The molecule has 0 saturated carbocycles. The molecular formula is C24H30BrCl2N3O2S. The Morgan fingerprint density at radius 2 is 1.97 bits per heavy atom. The van der Waals surface area contributed by atoms with Gasteiger partial charge in [0.15, 0.2) is 0 Å². The second-order valence-electron chi connectivity index (χ2n) is 9.04. The van der Waals surface area contributed by atoms with Crippen molar-refractivity contribution in [2.75, 3.05) is 24.6 Å². The second kappa shape index (κ2) is 11.6. The molecule has 0 aliphatic carbocycles. The van der Waals surface area contributed by atoms with Gasteiger partial charge in [0, 0.05) is 46.8 Å². The SMILES string of the molecule is C=CCOc1cc(Cl)c(Cl)cc1C(N[S+]([O-])C(C)(C)C)C1CCN(c2cc(Br)ccn2)CC1. The molecule has 3 rings (SSSR count). The number of piperidine rings is 1. The second-order valence-corrected chi connectivity index (χ2v) is 12.8. The van der Waals surface area contributed by atoms with Gasteiger partial charge in [0.05, 0.1) is 16.1 Å². The highest BCUT2D eigenvalue weighted by molar-refractivity contribution is 9.10. The predicted molar refractivity (Wildman–Crippen MR) is 143 cm³/mol. The Morgan fingerprint density at radius 3 is 2.58 bits per heavy atom. The van der Waals surface area contributed by atoms with Crippen molar-refractivity contribution < 1.29 is 9.29 Å². The van der Waals surface area contributed by atoms with Gasteiger partial charge in [0.1, 0.15) is 22.9 Å². The number of benzene rings is 1. The molecule has 5 nitrogen and oxygen atoms in total. The zero-order valence-corrected chi connectivity index (χ0v) is 23.0. The molecule has 180 valence electrons. The van der Waals surface area contributed by atoms with Crippen LogP contribution >= 0.6 is 39.1 Å². The number of aromatic nitrogens is 1. The molecule has 2 heterocycles. The molecule has 2 atom stereocenters. The number of hydrogen-bond acceptors (Lipinski definition) is 5. The van der Waals surface area contributed by atoms with Crippen molar-refractivity contribution >= 4 is 56.3 Å². The third-order valence-electron chi connectivity index (χ3n) is 5.58. The first-order valence-electron chi connectivity index (χ1n) is 10.9. The third-order valence-corrected chi connectivity index (χ3v) is 8.37. The maximum Gasteiger partial charge on any atom is 0.136 e. The summed E-state index contributed by atoms with van der Waals surface area (Å²) in [4.78, 5) is 6.79. The zero-order chi connectivity index (χ0) is 24.2. The van der Waals surface area contributed by atoms with Gasteiger partial charge in [-0.15, -0.1) is 4.72 Å². The summed E-state index contributed by atoms with van der Waals surface area (Å²) in [5.74, 6) is 1.81. The molecule has 1 aliphatic heterocycles. The van der Waals surface area contributed by atoms with Crippen molar-refractivity contribution in [3.63, 3.8) is 0 Å². The Morgan fingerprint density at radius 1 is 1.30 bits per heavy atom. The molecule has 0 radical (unpaired) electrons. The summed E-state index contributed by atoms with van der Waals surface area (Å²) < 4.78 is 23.1. The maximum atomic E-state index is 13.1. The summed E-state index contributed by atoms with van der Waals surface area (Å²) in [5, 5.41) is 0.868. The molecule has 0 spiro atoms. The lowest BCUT2D eigenvalue weighted by Crippen LogP contribution is -2.46. The lowest BCUT2D eigenvalue weighted by atomic mass is 9.85. The highest BCUT2D eigenvalue weighted by Crippen LogP contribution is 2.41. The average molecular weight is 575 g/mol. The highest BCUT2D eigenvalue weighted by atomic mass is 79.9. The number of anilines is 1. The van der Waals surface area contributed by atoms with Crippen LogP contribution in [0.4, 0.5) is 5.82 Å². The van der Waals surface area contributed by atoms with Gasteiger partial charge in [-0.1, -0.05) is 51.8 Å². The van der Waals surface area contributed by atoms with Crippen LogP contribution < -0.4 is 14.4 Å². The number of halogens is 3. The first kappa shape index (κ1) is 26.6. The minimum atomic E-state index is -1.28. The molecule has 33 heavy (non-hydrogen) atoms. The van der Waals surface area contributed by atoms with Gasteiger partial charge >= 0.3 is 0 Å². The molecule has 1 saturated heterocycles. The number of hydrogen-bond donors (Lipinski definition) is 1. The van der Waals surface area contributed by atoms with E-state index in [1.54, 1.807) is 18.3 Å². The van der Waals surface area contributed by atoms with E-state index in [4.69, 9.17) is 27.9 Å². The quantitative estimate of drug-likeness (QED) is 0.280. The molecule has 2 aromatic rings.